The third-order valence-corrected chi connectivity index (χ3v) is 6.82. The number of aryl methyl sites for hydroxylation is 1. The molecule has 160 valence electrons. The van der Waals surface area contributed by atoms with Gasteiger partial charge < -0.3 is 19.9 Å². The van der Waals surface area contributed by atoms with Crippen LogP contribution in [0.2, 0.25) is 5.02 Å². The van der Waals surface area contributed by atoms with Crippen LogP contribution < -0.4 is 5.32 Å². The van der Waals surface area contributed by atoms with Crippen molar-refractivity contribution >= 4 is 34.4 Å². The number of halogens is 1. The summed E-state index contributed by atoms with van der Waals surface area (Å²) in [5.41, 5.74) is 2.13. The highest BCUT2D eigenvalue weighted by atomic mass is 35.5. The first-order valence-electron chi connectivity index (χ1n) is 10.6. The van der Waals surface area contributed by atoms with Crippen molar-refractivity contribution in [2.75, 3.05) is 32.8 Å². The minimum Gasteiger partial charge on any atom is -0.366 e. The molecule has 8 nitrogen and oxygen atoms in total. The first kappa shape index (κ1) is 19.6. The maximum atomic E-state index is 13.1. The zero-order valence-corrected chi connectivity index (χ0v) is 17.8. The van der Waals surface area contributed by atoms with E-state index >= 15 is 0 Å². The van der Waals surface area contributed by atoms with Gasteiger partial charge in [0.15, 0.2) is 0 Å². The Balaban J connectivity index is 1.23. The molecule has 3 amide bonds. The van der Waals surface area contributed by atoms with Gasteiger partial charge in [0, 0.05) is 49.6 Å². The van der Waals surface area contributed by atoms with Crippen molar-refractivity contribution in [1.29, 1.82) is 0 Å². The molecule has 2 atom stereocenters. The van der Waals surface area contributed by atoms with Crippen molar-refractivity contribution in [3.05, 3.63) is 28.9 Å². The summed E-state index contributed by atoms with van der Waals surface area (Å²) in [5.74, 6) is 0.228. The lowest BCUT2D eigenvalue weighted by atomic mass is 9.91. The number of nitrogens with one attached hydrogen (secondary N) is 1. The van der Waals surface area contributed by atoms with Crippen LogP contribution in [0.3, 0.4) is 0 Å². The highest BCUT2D eigenvalue weighted by molar-refractivity contribution is 6.31. The van der Waals surface area contributed by atoms with Crippen molar-refractivity contribution < 1.29 is 14.3 Å². The zero-order chi connectivity index (χ0) is 20.8. The minimum atomic E-state index is -0.104. The maximum absolute atomic E-state index is 13.1. The number of carbonyl (C=O) groups is 2. The second-order valence-electron chi connectivity index (χ2n) is 8.47. The van der Waals surface area contributed by atoms with Crippen LogP contribution in [-0.4, -0.2) is 76.5 Å². The number of amides is 3. The van der Waals surface area contributed by atoms with Gasteiger partial charge in [-0.1, -0.05) is 11.6 Å². The molecule has 0 radical (unpaired) electrons. The summed E-state index contributed by atoms with van der Waals surface area (Å²) in [6, 6.07) is 5.86. The van der Waals surface area contributed by atoms with E-state index in [1.54, 1.807) is 0 Å². The van der Waals surface area contributed by atoms with Gasteiger partial charge in [-0.05, 0) is 37.5 Å². The Morgan fingerprint density at radius 2 is 1.97 bits per heavy atom. The number of piperidine rings is 2. The van der Waals surface area contributed by atoms with E-state index in [1.807, 2.05) is 39.7 Å². The summed E-state index contributed by atoms with van der Waals surface area (Å²) < 4.78 is 7.48. The Kier molecular flexibility index (Phi) is 5.06. The molecule has 0 bridgehead atoms. The number of hydrogen-bond donors (Lipinski definition) is 1. The van der Waals surface area contributed by atoms with Gasteiger partial charge in [0.1, 0.15) is 6.61 Å². The van der Waals surface area contributed by atoms with E-state index in [4.69, 9.17) is 21.4 Å². The largest absolute Gasteiger partial charge is 0.366 e. The van der Waals surface area contributed by atoms with E-state index < -0.39 is 0 Å². The lowest BCUT2D eigenvalue weighted by molar-refractivity contribution is -0.139. The zero-order valence-electron chi connectivity index (χ0n) is 17.0. The number of aromatic nitrogens is 2. The average molecular weight is 432 g/mol. The molecule has 1 N–H and O–H groups in total. The monoisotopic (exact) mass is 431 g/mol. The van der Waals surface area contributed by atoms with Gasteiger partial charge >= 0.3 is 6.03 Å². The van der Waals surface area contributed by atoms with Crippen LogP contribution >= 0.6 is 11.6 Å². The molecule has 0 spiro atoms. The number of benzene rings is 1. The first-order chi connectivity index (χ1) is 14.5. The number of ether oxygens (including phenoxy) is 1. The smallest absolute Gasteiger partial charge is 0.320 e. The number of likely N-dealkylation sites (tertiary alicyclic amines) is 2. The molecule has 3 aliphatic rings. The van der Waals surface area contributed by atoms with Crippen LogP contribution in [0, 0.1) is 0 Å². The molecule has 3 fully saturated rings. The summed E-state index contributed by atoms with van der Waals surface area (Å²) in [6.07, 6.45) is 2.55. The Labute approximate surface area is 180 Å². The van der Waals surface area contributed by atoms with Gasteiger partial charge in [0.2, 0.25) is 5.91 Å². The van der Waals surface area contributed by atoms with Crippen molar-refractivity contribution in [2.24, 2.45) is 7.05 Å². The Morgan fingerprint density at radius 3 is 2.77 bits per heavy atom. The number of rotatable bonds is 1. The lowest BCUT2D eigenvalue weighted by Crippen LogP contribution is -2.62. The van der Waals surface area contributed by atoms with E-state index in [0.717, 1.165) is 35.9 Å². The van der Waals surface area contributed by atoms with Crippen molar-refractivity contribution in [2.45, 2.75) is 37.3 Å². The van der Waals surface area contributed by atoms with Crippen molar-refractivity contribution in [1.82, 2.24) is 24.9 Å². The summed E-state index contributed by atoms with van der Waals surface area (Å²) >= 11 is 6.14. The fraction of sp³-hybridized carbons (Fsp3) is 0.571. The third kappa shape index (κ3) is 3.52. The Bertz CT molecular complexity index is 984. The van der Waals surface area contributed by atoms with Crippen LogP contribution in [0.4, 0.5) is 4.79 Å². The highest BCUT2D eigenvalue weighted by Gasteiger charge is 2.38. The number of urea groups is 1. The normalized spacial score (nSPS) is 25.3. The Morgan fingerprint density at radius 1 is 1.20 bits per heavy atom. The molecule has 3 aliphatic heterocycles. The van der Waals surface area contributed by atoms with E-state index in [0.29, 0.717) is 37.1 Å². The van der Waals surface area contributed by atoms with E-state index in [1.165, 1.54) is 0 Å². The second kappa shape index (κ2) is 7.74. The predicted molar refractivity (Wildman–Crippen MR) is 113 cm³/mol. The lowest BCUT2D eigenvalue weighted by Gasteiger charge is -2.43. The fourth-order valence-corrected chi connectivity index (χ4v) is 5.14. The van der Waals surface area contributed by atoms with Gasteiger partial charge in [0.05, 0.1) is 23.4 Å². The minimum absolute atomic E-state index is 0.0171. The standard InChI is InChI=1S/C21H26ClN5O3/c1-25-17-10-14(22)2-3-15(17)20(24-25)13-4-7-26(8-5-13)21(29)27-9-6-18-16(11-27)23-19(28)12-30-18/h2-3,10,13,16,18H,4-9,11-12H2,1H3,(H,23,28)/t16-,18+/m1/s1. The van der Waals surface area contributed by atoms with Crippen LogP contribution in [0.5, 0.6) is 0 Å². The fourth-order valence-electron chi connectivity index (χ4n) is 4.98. The maximum Gasteiger partial charge on any atom is 0.320 e. The van der Waals surface area contributed by atoms with Gasteiger partial charge in [-0.2, -0.15) is 5.10 Å². The molecule has 2 aromatic rings. The molecule has 9 heteroatoms. The molecule has 0 saturated carbocycles. The molecular formula is C21H26ClN5O3. The van der Waals surface area contributed by atoms with E-state index in [9.17, 15) is 9.59 Å². The van der Waals surface area contributed by atoms with Gasteiger partial charge in [0.25, 0.3) is 0 Å². The van der Waals surface area contributed by atoms with Gasteiger partial charge in [-0.25, -0.2) is 4.79 Å². The van der Waals surface area contributed by atoms with E-state index in [2.05, 4.69) is 5.32 Å². The van der Waals surface area contributed by atoms with Crippen molar-refractivity contribution in [3.8, 4) is 0 Å². The molecule has 0 aliphatic carbocycles. The quantitative estimate of drug-likeness (QED) is 0.750. The number of nitrogens with zero attached hydrogens (tertiary/aromatic N) is 4. The topological polar surface area (TPSA) is 79.7 Å². The summed E-state index contributed by atoms with van der Waals surface area (Å²) in [7, 11) is 1.94. The predicted octanol–water partition coefficient (Wildman–Crippen LogP) is 2.12. The molecule has 4 heterocycles. The highest BCUT2D eigenvalue weighted by Crippen LogP contribution is 2.33. The van der Waals surface area contributed by atoms with Crippen molar-refractivity contribution in [3.63, 3.8) is 0 Å². The second-order valence-corrected chi connectivity index (χ2v) is 8.91. The SMILES string of the molecule is Cn1nc(C2CCN(C(=O)N3CC[C@@H]4OCC(=O)N[C@@H]4C3)CC2)c2ccc(Cl)cc21. The van der Waals surface area contributed by atoms with Crippen LogP contribution in [0.15, 0.2) is 18.2 Å². The summed E-state index contributed by atoms with van der Waals surface area (Å²) in [5, 5.41) is 9.57. The summed E-state index contributed by atoms with van der Waals surface area (Å²) in [4.78, 5) is 28.5. The third-order valence-electron chi connectivity index (χ3n) is 6.59. The molecule has 30 heavy (non-hydrogen) atoms. The Hall–Kier alpha value is -2.32. The first-order valence-corrected chi connectivity index (χ1v) is 10.9. The van der Waals surface area contributed by atoms with Crippen LogP contribution in [0.1, 0.15) is 30.9 Å². The van der Waals surface area contributed by atoms with Crippen LogP contribution in [0.25, 0.3) is 10.9 Å². The van der Waals surface area contributed by atoms with Gasteiger partial charge in [-0.3, -0.25) is 9.48 Å². The number of hydrogen-bond acceptors (Lipinski definition) is 4. The van der Waals surface area contributed by atoms with Gasteiger partial charge in [-0.15, -0.1) is 0 Å². The average Bonchev–Trinajstić information content (AvgIpc) is 3.08. The number of carbonyl (C=O) groups excluding carboxylic acids is 2. The molecule has 1 aromatic heterocycles. The molecule has 0 unspecified atom stereocenters. The molecular weight excluding hydrogens is 406 g/mol. The molecule has 1 aromatic carbocycles. The van der Waals surface area contributed by atoms with E-state index in [-0.39, 0.29) is 30.7 Å². The summed E-state index contributed by atoms with van der Waals surface area (Å²) in [6.45, 7) is 2.73. The number of fused-ring (bicyclic) bond motifs is 2. The molecule has 3 saturated heterocycles. The van der Waals surface area contributed by atoms with Crippen LogP contribution in [-0.2, 0) is 16.6 Å². The number of morpholine rings is 1. The molecule has 5 rings (SSSR count).